The molecule has 1 unspecified atom stereocenters. The molecule has 1 heterocycles. The molecule has 138 valence electrons. The van der Waals surface area contributed by atoms with Gasteiger partial charge in [-0.1, -0.05) is 6.07 Å². The number of nitro benzene ring substituents is 1. The molecule has 0 radical (unpaired) electrons. The van der Waals surface area contributed by atoms with Gasteiger partial charge in [0.1, 0.15) is 0 Å². The molecule has 2 rings (SSSR count). The summed E-state index contributed by atoms with van der Waals surface area (Å²) in [4.78, 5) is 46.0. The van der Waals surface area contributed by atoms with Crippen LogP contribution in [0.3, 0.4) is 0 Å². The number of carbonyl (C=O) groups excluding carboxylic acids is 3. The average molecular weight is 371 g/mol. The lowest BCUT2D eigenvalue weighted by molar-refractivity contribution is -0.384. The van der Waals surface area contributed by atoms with E-state index in [2.05, 4.69) is 0 Å². The number of nitrogens with one attached hydrogen (secondary N) is 2. The van der Waals surface area contributed by atoms with Gasteiger partial charge >= 0.3 is 6.18 Å². The summed E-state index contributed by atoms with van der Waals surface area (Å²) in [7, 11) is 0. The topological polar surface area (TPSA) is 118 Å². The Morgan fingerprint density at radius 2 is 1.92 bits per heavy atom. The van der Waals surface area contributed by atoms with Crippen LogP contribution in [0.5, 0.6) is 0 Å². The maximum Gasteiger partial charge on any atom is 0.425 e. The first kappa shape index (κ1) is 19.1. The molecule has 0 aliphatic carbocycles. The maximum atomic E-state index is 13.8. The number of amides is 2. The van der Waals surface area contributed by atoms with Gasteiger partial charge in [0.2, 0.25) is 5.54 Å². The fourth-order valence-corrected chi connectivity index (χ4v) is 2.71. The summed E-state index contributed by atoms with van der Waals surface area (Å²) in [5, 5.41) is 14.2. The van der Waals surface area contributed by atoms with Crippen molar-refractivity contribution >= 4 is 23.3 Å². The number of benzene rings is 1. The summed E-state index contributed by atoms with van der Waals surface area (Å²) >= 11 is 0. The molecule has 0 bridgehead atoms. The lowest BCUT2D eigenvalue weighted by atomic mass is 9.86. The highest BCUT2D eigenvalue weighted by Crippen LogP contribution is 2.41. The lowest BCUT2D eigenvalue weighted by Gasteiger charge is -2.31. The van der Waals surface area contributed by atoms with E-state index >= 15 is 0 Å². The molecule has 0 spiro atoms. The van der Waals surface area contributed by atoms with E-state index in [-0.39, 0.29) is 5.70 Å². The summed E-state index contributed by atoms with van der Waals surface area (Å²) < 4.78 is 41.3. The Balaban J connectivity index is 2.56. The van der Waals surface area contributed by atoms with E-state index in [1.807, 2.05) is 5.32 Å². The second kappa shape index (κ2) is 6.24. The number of nitrogens with zero attached hydrogens (tertiary/aromatic N) is 1. The first-order chi connectivity index (χ1) is 11.9. The zero-order valence-electron chi connectivity index (χ0n) is 13.4. The van der Waals surface area contributed by atoms with Crippen LogP contribution in [0.25, 0.3) is 0 Å². The molecule has 11 heteroatoms. The summed E-state index contributed by atoms with van der Waals surface area (Å²) in [6.45, 7) is 1.93. The minimum absolute atomic E-state index is 0.334. The Labute approximate surface area is 144 Å². The van der Waals surface area contributed by atoms with Gasteiger partial charge in [0.25, 0.3) is 17.5 Å². The van der Waals surface area contributed by atoms with Gasteiger partial charge < -0.3 is 10.6 Å². The van der Waals surface area contributed by atoms with E-state index in [0.29, 0.717) is 0 Å². The number of hydrogen-bond acceptors (Lipinski definition) is 5. The van der Waals surface area contributed by atoms with E-state index in [0.717, 1.165) is 38.1 Å². The molecule has 1 aromatic carbocycles. The Hall–Kier alpha value is -3.24. The summed E-state index contributed by atoms with van der Waals surface area (Å²) in [5.41, 5.74) is -5.84. The molecule has 2 amide bonds. The van der Waals surface area contributed by atoms with E-state index < -0.39 is 51.1 Å². The molecule has 8 nitrogen and oxygen atoms in total. The highest BCUT2D eigenvalue weighted by atomic mass is 19.4. The van der Waals surface area contributed by atoms with Crippen LogP contribution < -0.4 is 10.6 Å². The zero-order valence-corrected chi connectivity index (χ0v) is 13.4. The van der Waals surface area contributed by atoms with Crippen LogP contribution >= 0.6 is 0 Å². The highest BCUT2D eigenvalue weighted by Gasteiger charge is 2.68. The predicted molar refractivity (Wildman–Crippen MR) is 80.9 cm³/mol. The van der Waals surface area contributed by atoms with Gasteiger partial charge in [-0.2, -0.15) is 13.2 Å². The van der Waals surface area contributed by atoms with Crippen molar-refractivity contribution in [2.75, 3.05) is 0 Å². The number of rotatable bonds is 4. The number of ketones is 1. The van der Waals surface area contributed by atoms with Crippen LogP contribution in [-0.4, -0.2) is 34.2 Å². The second-order valence-electron chi connectivity index (χ2n) is 5.52. The van der Waals surface area contributed by atoms with Crippen LogP contribution in [0.15, 0.2) is 35.5 Å². The van der Waals surface area contributed by atoms with Crippen molar-refractivity contribution in [3.63, 3.8) is 0 Å². The molecular formula is C15H12F3N3O5. The molecule has 1 aromatic rings. The zero-order chi connectivity index (χ0) is 19.9. The number of nitro groups is 1. The van der Waals surface area contributed by atoms with Crippen LogP contribution in [0.1, 0.15) is 24.2 Å². The molecule has 0 fully saturated rings. The van der Waals surface area contributed by atoms with Gasteiger partial charge in [0.15, 0.2) is 5.78 Å². The van der Waals surface area contributed by atoms with E-state index in [9.17, 15) is 37.7 Å². The Kier molecular flexibility index (Phi) is 4.58. The Morgan fingerprint density at radius 1 is 1.31 bits per heavy atom. The first-order valence-corrected chi connectivity index (χ1v) is 7.09. The van der Waals surface area contributed by atoms with E-state index in [4.69, 9.17) is 0 Å². The van der Waals surface area contributed by atoms with Crippen molar-refractivity contribution in [2.45, 2.75) is 25.6 Å². The molecule has 1 atom stereocenters. The van der Waals surface area contributed by atoms with Crippen LogP contribution in [-0.2, 0) is 9.59 Å². The molecule has 0 saturated carbocycles. The van der Waals surface area contributed by atoms with Crippen molar-refractivity contribution in [2.24, 2.45) is 0 Å². The van der Waals surface area contributed by atoms with Crippen LogP contribution in [0, 0.1) is 10.1 Å². The molecule has 1 aliphatic heterocycles. The largest absolute Gasteiger partial charge is 0.425 e. The maximum absolute atomic E-state index is 13.8. The molecular weight excluding hydrogens is 359 g/mol. The number of allylic oxidation sites excluding steroid dienone is 1. The van der Waals surface area contributed by atoms with Gasteiger partial charge in [-0.15, -0.1) is 0 Å². The van der Waals surface area contributed by atoms with E-state index in [1.54, 1.807) is 5.32 Å². The highest BCUT2D eigenvalue weighted by molar-refractivity contribution is 6.13. The summed E-state index contributed by atoms with van der Waals surface area (Å²) in [6, 6.07) is 3.96. The normalized spacial score (nSPS) is 20.0. The number of Topliss-reactive ketones (excluding diaryl/α,β-unsaturated/α-hetero) is 1. The lowest BCUT2D eigenvalue weighted by Crippen LogP contribution is -2.65. The van der Waals surface area contributed by atoms with E-state index in [1.165, 1.54) is 0 Å². The minimum atomic E-state index is -5.33. The molecule has 1 aliphatic rings. The van der Waals surface area contributed by atoms with Gasteiger partial charge in [-0.05, 0) is 19.9 Å². The van der Waals surface area contributed by atoms with Gasteiger partial charge in [-0.25, -0.2) is 0 Å². The number of non-ortho nitro benzene ring substituents is 1. The monoisotopic (exact) mass is 371 g/mol. The number of halogens is 3. The second-order valence-corrected chi connectivity index (χ2v) is 5.52. The minimum Gasteiger partial charge on any atom is -0.327 e. The molecule has 26 heavy (non-hydrogen) atoms. The third-order valence-corrected chi connectivity index (χ3v) is 3.79. The first-order valence-electron chi connectivity index (χ1n) is 7.09. The smallest absolute Gasteiger partial charge is 0.327 e. The number of carbonyl (C=O) groups is 3. The van der Waals surface area contributed by atoms with Crippen molar-refractivity contribution < 1.29 is 32.5 Å². The number of hydrogen-bond donors (Lipinski definition) is 2. The van der Waals surface area contributed by atoms with Crippen LogP contribution in [0.2, 0.25) is 0 Å². The van der Waals surface area contributed by atoms with Crippen molar-refractivity contribution in [1.82, 2.24) is 10.6 Å². The molecule has 2 N–H and O–H groups in total. The summed E-state index contributed by atoms with van der Waals surface area (Å²) in [6.07, 6.45) is -5.33. The number of alkyl halides is 3. The predicted octanol–water partition coefficient (Wildman–Crippen LogP) is 1.62. The van der Waals surface area contributed by atoms with Crippen LogP contribution in [0.4, 0.5) is 18.9 Å². The SMILES string of the molecule is CC(=O)C1=C(C)NC(=O)C1(NC(=O)c1cccc([N+](=O)[O-])c1)C(F)(F)F. The standard InChI is InChI=1S/C15H12F3N3O5/c1-7-11(8(2)22)14(13(24)19-7,15(16,17)18)20-12(23)9-4-3-5-10(6-9)21(25)26/h3-6H,1-2H3,(H,19,24)(H,20,23). The quantitative estimate of drug-likeness (QED) is 0.616. The Bertz CT molecular complexity index is 862. The fourth-order valence-electron chi connectivity index (χ4n) is 2.71. The van der Waals surface area contributed by atoms with Crippen molar-refractivity contribution in [1.29, 1.82) is 0 Å². The third kappa shape index (κ3) is 2.91. The molecule has 0 saturated heterocycles. The Morgan fingerprint density at radius 3 is 2.42 bits per heavy atom. The summed E-state index contributed by atoms with van der Waals surface area (Å²) in [5.74, 6) is -4.08. The van der Waals surface area contributed by atoms with Crippen molar-refractivity contribution in [3.8, 4) is 0 Å². The van der Waals surface area contributed by atoms with Gasteiger partial charge in [-0.3, -0.25) is 24.5 Å². The van der Waals surface area contributed by atoms with Gasteiger partial charge in [0.05, 0.1) is 10.5 Å². The fraction of sp³-hybridized carbons (Fsp3) is 0.267. The average Bonchev–Trinajstić information content (AvgIpc) is 2.78. The van der Waals surface area contributed by atoms with Gasteiger partial charge in [0, 0.05) is 23.4 Å². The molecule has 0 aromatic heterocycles. The third-order valence-electron chi connectivity index (χ3n) is 3.79. The van der Waals surface area contributed by atoms with Crippen molar-refractivity contribution in [3.05, 3.63) is 51.2 Å².